The van der Waals surface area contributed by atoms with Gasteiger partial charge in [-0.1, -0.05) is 6.07 Å². The van der Waals surface area contributed by atoms with Gasteiger partial charge < -0.3 is 9.64 Å². The van der Waals surface area contributed by atoms with Crippen LogP contribution >= 0.6 is 0 Å². The van der Waals surface area contributed by atoms with Gasteiger partial charge in [-0.3, -0.25) is 4.98 Å². The lowest BCUT2D eigenvalue weighted by atomic mass is 10.1. The number of anilines is 1. The number of morpholine rings is 1. The maximum atomic E-state index is 5.40. The number of aromatic nitrogens is 3. The molecule has 0 amide bonds. The number of nitrogens with zero attached hydrogens (tertiary/aromatic N) is 4. The molecule has 0 spiro atoms. The number of aryl methyl sites for hydroxylation is 3. The Bertz CT molecular complexity index is 597. The first-order valence-electron chi connectivity index (χ1n) is 7.88. The minimum atomic E-state index is 0.776. The molecule has 116 valence electrons. The fraction of sp³-hybridized carbons (Fsp3) is 0.471. The second-order valence-electron chi connectivity index (χ2n) is 5.56. The Morgan fingerprint density at radius 2 is 2.00 bits per heavy atom. The molecule has 1 saturated heterocycles. The van der Waals surface area contributed by atoms with E-state index in [0.29, 0.717) is 0 Å². The SMILES string of the molecule is Cc1cc(N2CCOCC2)nc(CCCc2ccccn2)n1. The van der Waals surface area contributed by atoms with Crippen molar-refractivity contribution in [2.45, 2.75) is 26.2 Å². The molecule has 0 aromatic carbocycles. The third-order valence-electron chi connectivity index (χ3n) is 3.78. The molecule has 5 heteroatoms. The van der Waals surface area contributed by atoms with E-state index < -0.39 is 0 Å². The van der Waals surface area contributed by atoms with Gasteiger partial charge in [-0.2, -0.15) is 0 Å². The third kappa shape index (κ3) is 4.01. The van der Waals surface area contributed by atoms with Crippen molar-refractivity contribution < 1.29 is 4.74 Å². The fourth-order valence-electron chi connectivity index (χ4n) is 2.65. The Kier molecular flexibility index (Phi) is 4.96. The van der Waals surface area contributed by atoms with E-state index in [1.807, 2.05) is 25.3 Å². The highest BCUT2D eigenvalue weighted by molar-refractivity contribution is 5.40. The van der Waals surface area contributed by atoms with Crippen LogP contribution in [-0.2, 0) is 17.6 Å². The molecule has 0 radical (unpaired) electrons. The zero-order valence-electron chi connectivity index (χ0n) is 13.0. The topological polar surface area (TPSA) is 51.1 Å². The van der Waals surface area contributed by atoms with Gasteiger partial charge in [0.05, 0.1) is 13.2 Å². The maximum Gasteiger partial charge on any atom is 0.132 e. The molecule has 0 atom stereocenters. The lowest BCUT2D eigenvalue weighted by Gasteiger charge is -2.28. The summed E-state index contributed by atoms with van der Waals surface area (Å²) in [7, 11) is 0. The molecule has 22 heavy (non-hydrogen) atoms. The summed E-state index contributed by atoms with van der Waals surface area (Å²) in [6.07, 6.45) is 4.71. The van der Waals surface area contributed by atoms with E-state index in [0.717, 1.165) is 68.6 Å². The first-order valence-corrected chi connectivity index (χ1v) is 7.88. The second-order valence-corrected chi connectivity index (χ2v) is 5.56. The summed E-state index contributed by atoms with van der Waals surface area (Å²) in [4.78, 5) is 15.9. The van der Waals surface area contributed by atoms with Crippen LogP contribution in [0.15, 0.2) is 30.5 Å². The maximum absolute atomic E-state index is 5.40. The highest BCUT2D eigenvalue weighted by Crippen LogP contribution is 2.15. The van der Waals surface area contributed by atoms with E-state index in [1.165, 1.54) is 0 Å². The van der Waals surface area contributed by atoms with Crippen LogP contribution in [0.1, 0.15) is 23.6 Å². The van der Waals surface area contributed by atoms with E-state index in [2.05, 4.69) is 27.0 Å². The smallest absolute Gasteiger partial charge is 0.132 e. The van der Waals surface area contributed by atoms with Crippen molar-refractivity contribution >= 4 is 5.82 Å². The van der Waals surface area contributed by atoms with Crippen molar-refractivity contribution in [1.29, 1.82) is 0 Å². The van der Waals surface area contributed by atoms with Crippen LogP contribution in [0.5, 0.6) is 0 Å². The van der Waals surface area contributed by atoms with E-state index in [4.69, 9.17) is 9.72 Å². The third-order valence-corrected chi connectivity index (χ3v) is 3.78. The summed E-state index contributed by atoms with van der Waals surface area (Å²) < 4.78 is 5.40. The van der Waals surface area contributed by atoms with Crippen molar-refractivity contribution in [3.8, 4) is 0 Å². The quantitative estimate of drug-likeness (QED) is 0.847. The predicted molar refractivity (Wildman–Crippen MR) is 86.1 cm³/mol. The van der Waals surface area contributed by atoms with Gasteiger partial charge in [-0.05, 0) is 31.9 Å². The van der Waals surface area contributed by atoms with E-state index in [1.54, 1.807) is 0 Å². The number of hydrogen-bond donors (Lipinski definition) is 0. The van der Waals surface area contributed by atoms with Gasteiger partial charge in [-0.25, -0.2) is 9.97 Å². The van der Waals surface area contributed by atoms with Crippen molar-refractivity contribution in [2.24, 2.45) is 0 Å². The largest absolute Gasteiger partial charge is 0.378 e. The molecular weight excluding hydrogens is 276 g/mol. The van der Waals surface area contributed by atoms with Gasteiger partial charge in [0.25, 0.3) is 0 Å². The second kappa shape index (κ2) is 7.31. The fourth-order valence-corrected chi connectivity index (χ4v) is 2.65. The first kappa shape index (κ1) is 14.9. The van der Waals surface area contributed by atoms with Crippen LogP contribution in [0.3, 0.4) is 0 Å². The van der Waals surface area contributed by atoms with Crippen molar-refractivity contribution in [1.82, 2.24) is 15.0 Å². The van der Waals surface area contributed by atoms with Crippen molar-refractivity contribution in [3.05, 3.63) is 47.7 Å². The van der Waals surface area contributed by atoms with Crippen molar-refractivity contribution in [2.75, 3.05) is 31.2 Å². The number of pyridine rings is 1. The number of hydrogen-bond acceptors (Lipinski definition) is 5. The van der Waals surface area contributed by atoms with Gasteiger partial charge in [0.2, 0.25) is 0 Å². The minimum Gasteiger partial charge on any atom is -0.378 e. The molecule has 3 heterocycles. The number of ether oxygens (including phenoxy) is 1. The van der Waals surface area contributed by atoms with Crippen molar-refractivity contribution in [3.63, 3.8) is 0 Å². The van der Waals surface area contributed by atoms with E-state index in [9.17, 15) is 0 Å². The Balaban J connectivity index is 1.62. The standard InChI is InChI=1S/C17H22N4O/c1-14-13-17(21-9-11-22-12-10-21)20-16(19-14)7-4-6-15-5-2-3-8-18-15/h2-3,5,8,13H,4,6-7,9-12H2,1H3. The molecule has 3 rings (SSSR count). The molecule has 2 aromatic rings. The number of rotatable bonds is 5. The zero-order valence-corrected chi connectivity index (χ0v) is 13.0. The van der Waals surface area contributed by atoms with Gasteiger partial charge in [0.1, 0.15) is 11.6 Å². The Labute approximate surface area is 131 Å². The van der Waals surface area contributed by atoms with Gasteiger partial charge >= 0.3 is 0 Å². The summed E-state index contributed by atoms with van der Waals surface area (Å²) in [6.45, 7) is 5.40. The molecular formula is C17H22N4O. The summed E-state index contributed by atoms with van der Waals surface area (Å²) in [5.41, 5.74) is 2.16. The molecule has 2 aromatic heterocycles. The molecule has 1 fully saturated rings. The lowest BCUT2D eigenvalue weighted by molar-refractivity contribution is 0.122. The molecule has 5 nitrogen and oxygen atoms in total. The predicted octanol–water partition coefficient (Wildman–Crippen LogP) is 2.19. The molecule has 0 aliphatic carbocycles. The molecule has 0 saturated carbocycles. The average Bonchev–Trinajstić information content (AvgIpc) is 2.56. The van der Waals surface area contributed by atoms with Crippen LogP contribution < -0.4 is 4.90 Å². The Hall–Kier alpha value is -2.01. The van der Waals surface area contributed by atoms with Gasteiger partial charge in [0, 0.05) is 43.2 Å². The lowest BCUT2D eigenvalue weighted by Crippen LogP contribution is -2.37. The monoisotopic (exact) mass is 298 g/mol. The van der Waals surface area contributed by atoms with Crippen LogP contribution in [0.4, 0.5) is 5.82 Å². The van der Waals surface area contributed by atoms with Gasteiger partial charge in [0.15, 0.2) is 0 Å². The van der Waals surface area contributed by atoms with Gasteiger partial charge in [-0.15, -0.1) is 0 Å². The molecule has 1 aliphatic rings. The van der Waals surface area contributed by atoms with E-state index in [-0.39, 0.29) is 0 Å². The van der Waals surface area contributed by atoms with E-state index >= 15 is 0 Å². The highest BCUT2D eigenvalue weighted by atomic mass is 16.5. The normalized spacial score (nSPS) is 15.0. The van der Waals surface area contributed by atoms with Crippen LogP contribution in [0, 0.1) is 6.92 Å². The molecule has 0 N–H and O–H groups in total. The zero-order chi connectivity index (χ0) is 15.2. The Morgan fingerprint density at radius 1 is 1.14 bits per heavy atom. The van der Waals surface area contributed by atoms with Crippen LogP contribution in [0.25, 0.3) is 0 Å². The summed E-state index contributed by atoms with van der Waals surface area (Å²) in [5.74, 6) is 1.96. The molecule has 0 unspecified atom stereocenters. The highest BCUT2D eigenvalue weighted by Gasteiger charge is 2.14. The molecule has 1 aliphatic heterocycles. The molecule has 0 bridgehead atoms. The Morgan fingerprint density at radius 3 is 2.77 bits per heavy atom. The first-order chi connectivity index (χ1) is 10.8. The van der Waals surface area contributed by atoms with Crippen LogP contribution in [0.2, 0.25) is 0 Å². The summed E-state index contributed by atoms with van der Waals surface area (Å²) in [5, 5.41) is 0. The van der Waals surface area contributed by atoms with Crippen LogP contribution in [-0.4, -0.2) is 41.3 Å². The summed E-state index contributed by atoms with van der Waals surface area (Å²) >= 11 is 0. The summed E-state index contributed by atoms with van der Waals surface area (Å²) in [6, 6.07) is 8.10. The average molecular weight is 298 g/mol. The minimum absolute atomic E-state index is 0.776.